The Morgan fingerprint density at radius 2 is 0.824 bits per heavy atom. The first-order chi connectivity index (χ1) is 8.35. The van der Waals surface area contributed by atoms with Gasteiger partial charge >= 0.3 is 0 Å². The molecule has 2 saturated heterocycles. The highest BCUT2D eigenvalue weighted by Gasteiger charge is 2.55. The third-order valence-electron chi connectivity index (χ3n) is 4.47. The van der Waals surface area contributed by atoms with Crippen LogP contribution in [-0.4, -0.2) is 23.7 Å². The largest absolute Gasteiger partial charge is 0.154 e. The molecule has 0 bridgehead atoms. The highest BCUT2D eigenvalue weighted by atomic mass is 32.3. The van der Waals surface area contributed by atoms with Crippen LogP contribution in [0.15, 0.2) is 0 Å². The molecule has 0 amide bonds. The minimum Gasteiger partial charge on any atom is -0.118 e. The van der Waals surface area contributed by atoms with Crippen molar-refractivity contribution in [2.45, 2.75) is 75.1 Å². The van der Waals surface area contributed by atoms with Crippen LogP contribution in [0, 0.1) is 0 Å². The van der Waals surface area contributed by atoms with Crippen LogP contribution in [0.3, 0.4) is 0 Å². The fourth-order valence-corrected chi connectivity index (χ4v) is 13.8. The van der Waals surface area contributed by atoms with Gasteiger partial charge in [0.1, 0.15) is 0 Å². The van der Waals surface area contributed by atoms with E-state index in [0.717, 1.165) is 21.0 Å². The summed E-state index contributed by atoms with van der Waals surface area (Å²) in [5.41, 5.74) is 0. The summed E-state index contributed by atoms with van der Waals surface area (Å²) < 4.78 is 0.527. The van der Waals surface area contributed by atoms with Crippen LogP contribution in [0.25, 0.3) is 0 Å². The predicted molar refractivity (Wildman–Crippen MR) is 85.2 cm³/mol. The fourth-order valence-electron chi connectivity index (χ4n) is 3.57. The lowest BCUT2D eigenvalue weighted by molar-refractivity contribution is 0.532. The molecule has 0 aromatic heterocycles. The van der Waals surface area contributed by atoms with E-state index in [2.05, 4.69) is 47.0 Å². The minimum absolute atomic E-state index is 0.527. The molecule has 0 aromatic carbocycles. The van der Waals surface area contributed by atoms with Crippen molar-refractivity contribution in [3.63, 3.8) is 0 Å². The Kier molecular flexibility index (Phi) is 3.40. The summed E-state index contributed by atoms with van der Waals surface area (Å²) >= 11 is 9.44. The second-order valence-electron chi connectivity index (χ2n) is 5.69. The van der Waals surface area contributed by atoms with E-state index in [1.54, 1.807) is 0 Å². The van der Waals surface area contributed by atoms with E-state index in [0.29, 0.717) is 2.74 Å². The average Bonchev–Trinajstić information content (AvgIpc) is 2.87. The van der Waals surface area contributed by atoms with Gasteiger partial charge in [0.15, 0.2) is 2.74 Å². The minimum atomic E-state index is 0.527. The number of fused-ring (bicyclic) bond motifs is 2. The summed E-state index contributed by atoms with van der Waals surface area (Å²) in [6.07, 6.45) is 12.0. The molecule has 0 nitrogen and oxygen atoms in total. The Hall–Kier alpha value is 1.40. The van der Waals surface area contributed by atoms with Crippen LogP contribution < -0.4 is 0 Å². The Balaban J connectivity index is 1.51. The Morgan fingerprint density at radius 1 is 0.529 bits per heavy atom. The number of rotatable bonds is 0. The SMILES string of the molecule is C1CCC2SC3(SC2C1)SC1CCCCC1S3. The first-order valence-corrected chi connectivity index (χ1v) is 10.6. The van der Waals surface area contributed by atoms with Gasteiger partial charge in [0.25, 0.3) is 0 Å². The summed E-state index contributed by atoms with van der Waals surface area (Å²) in [5.74, 6) is 0. The van der Waals surface area contributed by atoms with Crippen LogP contribution in [0.4, 0.5) is 0 Å². The smallest absolute Gasteiger partial charge is 0.118 e. The van der Waals surface area contributed by atoms with Gasteiger partial charge in [-0.1, -0.05) is 25.7 Å². The maximum Gasteiger partial charge on any atom is 0.154 e. The molecule has 4 heteroatoms. The Bertz CT molecular complexity index is 244. The molecule has 4 rings (SSSR count). The molecular weight excluding hydrogens is 284 g/mol. The summed E-state index contributed by atoms with van der Waals surface area (Å²) in [6, 6.07) is 0. The van der Waals surface area contributed by atoms with E-state index in [-0.39, 0.29) is 0 Å². The molecule has 17 heavy (non-hydrogen) atoms. The third kappa shape index (κ3) is 2.19. The zero-order valence-corrected chi connectivity index (χ0v) is 13.4. The zero-order chi connectivity index (χ0) is 11.3. The van der Waals surface area contributed by atoms with Gasteiger partial charge in [-0.15, -0.1) is 47.0 Å². The van der Waals surface area contributed by atoms with Crippen LogP contribution in [-0.2, 0) is 0 Å². The van der Waals surface area contributed by atoms with Gasteiger partial charge in [0.05, 0.1) is 0 Å². The highest BCUT2D eigenvalue weighted by molar-refractivity contribution is 8.51. The maximum absolute atomic E-state index is 2.36. The van der Waals surface area contributed by atoms with Crippen molar-refractivity contribution in [2.75, 3.05) is 0 Å². The van der Waals surface area contributed by atoms with Gasteiger partial charge in [-0.05, 0) is 25.7 Å². The van der Waals surface area contributed by atoms with E-state index in [4.69, 9.17) is 0 Å². The lowest BCUT2D eigenvalue weighted by Crippen LogP contribution is -2.19. The fraction of sp³-hybridized carbons (Fsp3) is 1.00. The molecule has 2 heterocycles. The molecule has 4 fully saturated rings. The van der Waals surface area contributed by atoms with Crippen molar-refractivity contribution in [2.24, 2.45) is 0 Å². The molecule has 4 unspecified atom stereocenters. The molecule has 4 aliphatic rings. The van der Waals surface area contributed by atoms with Crippen LogP contribution in [0.5, 0.6) is 0 Å². The van der Waals surface area contributed by atoms with Gasteiger partial charge in [0, 0.05) is 21.0 Å². The van der Waals surface area contributed by atoms with Crippen molar-refractivity contribution < 1.29 is 0 Å². The topological polar surface area (TPSA) is 0 Å². The lowest BCUT2D eigenvalue weighted by Gasteiger charge is -2.21. The van der Waals surface area contributed by atoms with Crippen molar-refractivity contribution in [1.29, 1.82) is 0 Å². The third-order valence-corrected chi connectivity index (χ3v) is 12.9. The maximum atomic E-state index is 2.36. The second kappa shape index (κ2) is 4.75. The Morgan fingerprint density at radius 3 is 1.12 bits per heavy atom. The summed E-state index contributed by atoms with van der Waals surface area (Å²) in [7, 11) is 0. The van der Waals surface area contributed by atoms with Gasteiger partial charge in [-0.25, -0.2) is 0 Å². The van der Waals surface area contributed by atoms with Gasteiger partial charge in [0.2, 0.25) is 0 Å². The quantitative estimate of drug-likeness (QED) is 0.604. The summed E-state index contributed by atoms with van der Waals surface area (Å²) in [4.78, 5) is 0. The van der Waals surface area contributed by atoms with Crippen molar-refractivity contribution in [3.05, 3.63) is 0 Å². The van der Waals surface area contributed by atoms with Crippen molar-refractivity contribution in [3.8, 4) is 0 Å². The van der Waals surface area contributed by atoms with Crippen LogP contribution in [0.1, 0.15) is 51.4 Å². The molecule has 0 N–H and O–H groups in total. The van der Waals surface area contributed by atoms with Crippen molar-refractivity contribution in [1.82, 2.24) is 0 Å². The van der Waals surface area contributed by atoms with E-state index < -0.39 is 0 Å². The summed E-state index contributed by atoms with van der Waals surface area (Å²) in [5, 5.41) is 3.98. The van der Waals surface area contributed by atoms with Gasteiger partial charge < -0.3 is 0 Å². The molecule has 0 aromatic rings. The normalized spacial score (nSPS) is 53.6. The number of thioether (sulfide) groups is 4. The molecule has 96 valence electrons. The van der Waals surface area contributed by atoms with Crippen LogP contribution in [0.2, 0.25) is 0 Å². The standard InChI is InChI=1S/C13H20S4/c1-2-6-10-9(5-1)14-13(15-10)16-11-7-3-4-8-12(11)17-13/h9-12H,1-8H2. The highest BCUT2D eigenvalue weighted by Crippen LogP contribution is 2.73. The molecule has 2 saturated carbocycles. The summed E-state index contributed by atoms with van der Waals surface area (Å²) in [6.45, 7) is 0. The van der Waals surface area contributed by atoms with Crippen LogP contribution >= 0.6 is 47.0 Å². The van der Waals surface area contributed by atoms with Crippen molar-refractivity contribution >= 4 is 47.0 Å². The predicted octanol–water partition coefficient (Wildman–Crippen LogP) is 5.18. The number of hydrogen-bond donors (Lipinski definition) is 0. The molecular formula is C13H20S4. The average molecular weight is 305 g/mol. The zero-order valence-electron chi connectivity index (χ0n) is 10.1. The first kappa shape index (κ1) is 12.2. The van der Waals surface area contributed by atoms with E-state index in [1.165, 1.54) is 51.4 Å². The lowest BCUT2D eigenvalue weighted by atomic mass is 10.00. The van der Waals surface area contributed by atoms with Gasteiger partial charge in [-0.3, -0.25) is 0 Å². The van der Waals surface area contributed by atoms with E-state index >= 15 is 0 Å². The Labute approximate surface area is 122 Å². The molecule has 0 radical (unpaired) electrons. The number of hydrogen-bond acceptors (Lipinski definition) is 4. The first-order valence-electron chi connectivity index (χ1n) is 7.06. The molecule has 2 aliphatic carbocycles. The van der Waals surface area contributed by atoms with Gasteiger partial charge in [-0.2, -0.15) is 0 Å². The van der Waals surface area contributed by atoms with E-state index in [1.807, 2.05) is 0 Å². The monoisotopic (exact) mass is 304 g/mol. The molecule has 1 spiro atoms. The van der Waals surface area contributed by atoms with E-state index in [9.17, 15) is 0 Å². The molecule has 4 atom stereocenters. The second-order valence-corrected chi connectivity index (χ2v) is 13.1. The molecule has 2 aliphatic heterocycles.